The molecule has 2 N–H and O–H groups in total. The van der Waals surface area contributed by atoms with Crippen LogP contribution in [0.4, 0.5) is 0 Å². The first-order chi connectivity index (χ1) is 11.1. The number of rotatable bonds is 3. The number of phenols is 1. The number of carbonyl (C=O) groups is 1. The monoisotopic (exact) mass is 364 g/mol. The van der Waals surface area contributed by atoms with Gasteiger partial charge in [0.25, 0.3) is 5.91 Å². The molecule has 7 heteroatoms. The van der Waals surface area contributed by atoms with E-state index in [1.54, 1.807) is 12.1 Å². The van der Waals surface area contributed by atoms with Gasteiger partial charge in [0, 0.05) is 10.1 Å². The maximum atomic E-state index is 12.2. The van der Waals surface area contributed by atoms with Gasteiger partial charge in [-0.3, -0.25) is 4.79 Å². The van der Waals surface area contributed by atoms with Crippen molar-refractivity contribution in [2.45, 2.75) is 0 Å². The van der Waals surface area contributed by atoms with E-state index in [9.17, 15) is 9.90 Å². The van der Waals surface area contributed by atoms with Crippen molar-refractivity contribution in [1.82, 2.24) is 5.43 Å². The van der Waals surface area contributed by atoms with Crippen molar-refractivity contribution in [1.29, 1.82) is 0 Å². The molecule has 0 unspecified atom stereocenters. The van der Waals surface area contributed by atoms with Crippen LogP contribution in [0.3, 0.4) is 0 Å². The van der Waals surface area contributed by atoms with Gasteiger partial charge in [-0.25, -0.2) is 5.43 Å². The van der Waals surface area contributed by atoms with E-state index in [1.165, 1.54) is 23.6 Å². The molecule has 0 aliphatic carbocycles. The van der Waals surface area contributed by atoms with Crippen LogP contribution in [0.15, 0.2) is 47.6 Å². The minimum absolute atomic E-state index is 0.00934. The largest absolute Gasteiger partial charge is 0.506 e. The number of nitrogens with one attached hydrogen (secondary N) is 1. The Kier molecular flexibility index (Phi) is 4.52. The zero-order valence-corrected chi connectivity index (χ0v) is 13.9. The number of amides is 1. The molecule has 4 nitrogen and oxygen atoms in total. The maximum absolute atomic E-state index is 12.2. The van der Waals surface area contributed by atoms with Gasteiger partial charge in [-0.1, -0.05) is 41.4 Å². The number of thiophene rings is 1. The summed E-state index contributed by atoms with van der Waals surface area (Å²) in [4.78, 5) is 12.6. The Morgan fingerprint density at radius 1 is 1.22 bits per heavy atom. The van der Waals surface area contributed by atoms with Gasteiger partial charge in [-0.15, -0.1) is 11.3 Å². The number of phenolic OH excluding ortho intramolecular Hbond substituents is 1. The van der Waals surface area contributed by atoms with Gasteiger partial charge < -0.3 is 5.11 Å². The SMILES string of the molecule is O=C(N/N=C\c1ccc(O)c(Cl)c1)c1sc2ccccc2c1Cl. The fraction of sp³-hybridized carbons (Fsp3) is 0. The number of nitrogens with zero attached hydrogens (tertiary/aromatic N) is 1. The van der Waals surface area contributed by atoms with Gasteiger partial charge in [0.2, 0.25) is 0 Å². The second-order valence-electron chi connectivity index (χ2n) is 4.65. The van der Waals surface area contributed by atoms with Crippen LogP contribution in [0.25, 0.3) is 10.1 Å². The van der Waals surface area contributed by atoms with Crippen molar-refractivity contribution in [2.75, 3.05) is 0 Å². The van der Waals surface area contributed by atoms with E-state index in [1.807, 2.05) is 24.3 Å². The second-order valence-corrected chi connectivity index (χ2v) is 6.49. The van der Waals surface area contributed by atoms with Crippen LogP contribution >= 0.6 is 34.5 Å². The van der Waals surface area contributed by atoms with Crippen LogP contribution in [0, 0.1) is 0 Å². The molecule has 0 bridgehead atoms. The summed E-state index contributed by atoms with van der Waals surface area (Å²) in [6.07, 6.45) is 1.43. The van der Waals surface area contributed by atoms with Crippen molar-refractivity contribution in [3.05, 3.63) is 63.0 Å². The van der Waals surface area contributed by atoms with E-state index in [-0.39, 0.29) is 16.7 Å². The van der Waals surface area contributed by atoms with E-state index in [0.717, 1.165) is 10.1 Å². The average Bonchev–Trinajstić information content (AvgIpc) is 2.88. The summed E-state index contributed by atoms with van der Waals surface area (Å²) in [5.74, 6) is -0.387. The predicted molar refractivity (Wildman–Crippen MR) is 95.0 cm³/mol. The highest BCUT2D eigenvalue weighted by Gasteiger charge is 2.16. The zero-order valence-electron chi connectivity index (χ0n) is 11.6. The second kappa shape index (κ2) is 6.58. The molecular weight excluding hydrogens is 355 g/mol. The Hall–Kier alpha value is -2.08. The van der Waals surface area contributed by atoms with Crippen molar-refractivity contribution in [3.63, 3.8) is 0 Å². The first kappa shape index (κ1) is 15.8. The summed E-state index contributed by atoms with van der Waals surface area (Å²) in [6.45, 7) is 0. The van der Waals surface area contributed by atoms with Gasteiger partial charge in [-0.2, -0.15) is 5.10 Å². The number of aromatic hydroxyl groups is 1. The maximum Gasteiger partial charge on any atom is 0.283 e. The molecule has 2 aromatic carbocycles. The van der Waals surface area contributed by atoms with Crippen LogP contribution in [-0.4, -0.2) is 17.2 Å². The molecular formula is C16H10Cl2N2O2S. The highest BCUT2D eigenvalue weighted by Crippen LogP contribution is 2.34. The van der Waals surface area contributed by atoms with Gasteiger partial charge >= 0.3 is 0 Å². The minimum atomic E-state index is -0.377. The fourth-order valence-electron chi connectivity index (χ4n) is 1.98. The Labute approximate surface area is 146 Å². The third kappa shape index (κ3) is 3.32. The van der Waals surface area contributed by atoms with E-state index < -0.39 is 0 Å². The Morgan fingerprint density at radius 3 is 2.74 bits per heavy atom. The van der Waals surface area contributed by atoms with Crippen LogP contribution in [0.2, 0.25) is 10.0 Å². The number of fused-ring (bicyclic) bond motifs is 1. The van der Waals surface area contributed by atoms with E-state index >= 15 is 0 Å². The minimum Gasteiger partial charge on any atom is -0.506 e. The summed E-state index contributed by atoms with van der Waals surface area (Å²) >= 11 is 13.4. The van der Waals surface area contributed by atoms with Crippen molar-refractivity contribution >= 4 is 56.7 Å². The van der Waals surface area contributed by atoms with Crippen molar-refractivity contribution in [2.24, 2.45) is 5.10 Å². The van der Waals surface area contributed by atoms with Crippen LogP contribution in [-0.2, 0) is 0 Å². The molecule has 3 aromatic rings. The lowest BCUT2D eigenvalue weighted by Gasteiger charge is -1.99. The van der Waals surface area contributed by atoms with E-state index in [0.29, 0.717) is 15.5 Å². The van der Waals surface area contributed by atoms with Crippen molar-refractivity contribution in [3.8, 4) is 5.75 Å². The lowest BCUT2D eigenvalue weighted by atomic mass is 10.2. The van der Waals surface area contributed by atoms with Gasteiger partial charge in [0.05, 0.1) is 16.3 Å². The molecule has 0 fully saturated rings. The fourth-order valence-corrected chi connectivity index (χ4v) is 3.58. The molecule has 0 aliphatic heterocycles. The number of halogens is 2. The first-order valence-corrected chi connectivity index (χ1v) is 8.12. The summed E-state index contributed by atoms with van der Waals surface area (Å²) in [7, 11) is 0. The summed E-state index contributed by atoms with van der Waals surface area (Å²) < 4.78 is 0.942. The third-order valence-corrected chi connectivity index (χ3v) is 5.07. The molecule has 1 heterocycles. The lowest BCUT2D eigenvalue weighted by Crippen LogP contribution is -2.16. The molecule has 0 spiro atoms. The molecule has 0 saturated carbocycles. The molecule has 0 atom stereocenters. The Bertz CT molecular complexity index is 922. The van der Waals surface area contributed by atoms with Crippen molar-refractivity contribution < 1.29 is 9.90 Å². The van der Waals surface area contributed by atoms with Crippen LogP contribution in [0.5, 0.6) is 5.75 Å². The lowest BCUT2D eigenvalue weighted by molar-refractivity contribution is 0.0959. The standard InChI is InChI=1S/C16H10Cl2N2O2S/c17-11-7-9(5-6-12(11)21)8-19-20-16(22)15-14(18)10-3-1-2-4-13(10)23-15/h1-8,21H,(H,20,22)/b19-8-. The topological polar surface area (TPSA) is 61.7 Å². The quantitative estimate of drug-likeness (QED) is 0.523. The predicted octanol–water partition coefficient (Wildman–Crippen LogP) is 4.68. The zero-order chi connectivity index (χ0) is 16.4. The summed E-state index contributed by atoms with van der Waals surface area (Å²) in [5, 5.41) is 14.7. The molecule has 0 saturated heterocycles. The molecule has 0 radical (unpaired) electrons. The van der Waals surface area contributed by atoms with Gasteiger partial charge in [0.15, 0.2) is 0 Å². The number of benzene rings is 2. The number of hydrogen-bond acceptors (Lipinski definition) is 4. The molecule has 23 heavy (non-hydrogen) atoms. The van der Waals surface area contributed by atoms with E-state index in [2.05, 4.69) is 10.5 Å². The molecule has 116 valence electrons. The Morgan fingerprint density at radius 2 is 2.00 bits per heavy atom. The highest BCUT2D eigenvalue weighted by atomic mass is 35.5. The van der Waals surface area contributed by atoms with Gasteiger partial charge in [-0.05, 0) is 29.8 Å². The number of hydrogen-bond donors (Lipinski definition) is 2. The molecule has 0 aliphatic rings. The first-order valence-electron chi connectivity index (χ1n) is 6.55. The smallest absolute Gasteiger partial charge is 0.283 e. The molecule has 1 amide bonds. The van der Waals surface area contributed by atoms with Crippen LogP contribution < -0.4 is 5.43 Å². The average molecular weight is 365 g/mol. The van der Waals surface area contributed by atoms with Gasteiger partial charge in [0.1, 0.15) is 10.6 Å². The summed E-state index contributed by atoms with van der Waals surface area (Å²) in [6, 6.07) is 12.2. The van der Waals surface area contributed by atoms with Crippen LogP contribution in [0.1, 0.15) is 15.2 Å². The third-order valence-electron chi connectivity index (χ3n) is 3.09. The summed E-state index contributed by atoms with van der Waals surface area (Å²) in [5.41, 5.74) is 3.08. The Balaban J connectivity index is 1.77. The molecule has 3 rings (SSSR count). The highest BCUT2D eigenvalue weighted by molar-refractivity contribution is 7.21. The molecule has 1 aromatic heterocycles. The van der Waals surface area contributed by atoms with E-state index in [4.69, 9.17) is 23.2 Å². The normalized spacial score (nSPS) is 11.2. The number of carbonyl (C=O) groups excluding carboxylic acids is 1. The number of hydrazone groups is 1.